The van der Waals surface area contributed by atoms with Gasteiger partial charge in [-0.15, -0.1) is 0 Å². The summed E-state index contributed by atoms with van der Waals surface area (Å²) in [6.07, 6.45) is 0.875. The molecule has 1 aliphatic heterocycles. The van der Waals surface area contributed by atoms with Gasteiger partial charge in [-0.2, -0.15) is 0 Å². The standard InChI is InChI=1S/C10H19N3O3/c1-6-3-4-13(8(6)5-14)9(15)7(2)12-10(11)16/h6-8,14H,3-5H2,1-2H3,(H3,11,12,16). The minimum atomic E-state index is -0.714. The fourth-order valence-corrected chi connectivity index (χ4v) is 2.08. The van der Waals surface area contributed by atoms with E-state index in [4.69, 9.17) is 5.73 Å². The molecule has 1 heterocycles. The Balaban J connectivity index is 2.63. The Morgan fingerprint density at radius 1 is 1.62 bits per heavy atom. The molecule has 0 aromatic heterocycles. The molecule has 0 aromatic rings. The molecule has 6 heteroatoms. The fourth-order valence-electron chi connectivity index (χ4n) is 2.08. The Labute approximate surface area is 94.8 Å². The van der Waals surface area contributed by atoms with Gasteiger partial charge in [0.15, 0.2) is 0 Å². The molecule has 3 amide bonds. The van der Waals surface area contributed by atoms with Crippen molar-refractivity contribution in [2.24, 2.45) is 11.7 Å². The molecule has 0 bridgehead atoms. The van der Waals surface area contributed by atoms with E-state index in [0.29, 0.717) is 6.54 Å². The normalized spacial score (nSPS) is 26.6. The van der Waals surface area contributed by atoms with Gasteiger partial charge in [-0.1, -0.05) is 6.92 Å². The third-order valence-corrected chi connectivity index (χ3v) is 3.08. The van der Waals surface area contributed by atoms with E-state index in [-0.39, 0.29) is 24.5 Å². The average molecular weight is 229 g/mol. The summed E-state index contributed by atoms with van der Waals surface area (Å²) in [5.41, 5.74) is 4.95. The van der Waals surface area contributed by atoms with Crippen LogP contribution in [0.15, 0.2) is 0 Å². The molecule has 6 nitrogen and oxygen atoms in total. The van der Waals surface area contributed by atoms with Crippen molar-refractivity contribution in [2.75, 3.05) is 13.2 Å². The molecule has 1 rings (SSSR count). The number of urea groups is 1. The third-order valence-electron chi connectivity index (χ3n) is 3.08. The van der Waals surface area contributed by atoms with Gasteiger partial charge < -0.3 is 21.1 Å². The highest BCUT2D eigenvalue weighted by molar-refractivity contribution is 5.86. The molecule has 0 radical (unpaired) electrons. The molecule has 0 aliphatic carbocycles. The number of aliphatic hydroxyl groups excluding tert-OH is 1. The maximum absolute atomic E-state index is 11.9. The van der Waals surface area contributed by atoms with Crippen LogP contribution < -0.4 is 11.1 Å². The van der Waals surface area contributed by atoms with Crippen LogP contribution in [-0.2, 0) is 4.79 Å². The Bertz CT molecular complexity index is 282. The molecule has 3 atom stereocenters. The molecule has 1 aliphatic rings. The zero-order chi connectivity index (χ0) is 12.3. The number of likely N-dealkylation sites (tertiary alicyclic amines) is 1. The number of hydrogen-bond donors (Lipinski definition) is 3. The van der Waals surface area contributed by atoms with Crippen molar-refractivity contribution in [1.82, 2.24) is 10.2 Å². The summed E-state index contributed by atoms with van der Waals surface area (Å²) in [5, 5.41) is 11.6. The largest absolute Gasteiger partial charge is 0.394 e. The van der Waals surface area contributed by atoms with Crippen molar-refractivity contribution >= 4 is 11.9 Å². The lowest BCUT2D eigenvalue weighted by Gasteiger charge is -2.27. The molecule has 1 fully saturated rings. The van der Waals surface area contributed by atoms with E-state index in [0.717, 1.165) is 6.42 Å². The Kier molecular flexibility index (Phi) is 4.12. The molecule has 16 heavy (non-hydrogen) atoms. The zero-order valence-electron chi connectivity index (χ0n) is 9.64. The molecule has 0 spiro atoms. The van der Waals surface area contributed by atoms with Gasteiger partial charge >= 0.3 is 6.03 Å². The van der Waals surface area contributed by atoms with Crippen LogP contribution in [0.5, 0.6) is 0 Å². The average Bonchev–Trinajstić information content (AvgIpc) is 2.57. The van der Waals surface area contributed by atoms with E-state index in [2.05, 4.69) is 5.32 Å². The molecule has 0 saturated carbocycles. The number of aliphatic hydroxyl groups is 1. The fraction of sp³-hybridized carbons (Fsp3) is 0.800. The van der Waals surface area contributed by atoms with Gasteiger partial charge in [0.25, 0.3) is 0 Å². The summed E-state index contributed by atoms with van der Waals surface area (Å²) < 4.78 is 0. The first-order valence-corrected chi connectivity index (χ1v) is 5.44. The van der Waals surface area contributed by atoms with Crippen LogP contribution in [0.2, 0.25) is 0 Å². The molecular formula is C10H19N3O3. The summed E-state index contributed by atoms with van der Waals surface area (Å²) in [7, 11) is 0. The predicted octanol–water partition coefficient (Wildman–Crippen LogP) is -0.727. The second-order valence-corrected chi connectivity index (χ2v) is 4.28. The van der Waals surface area contributed by atoms with E-state index in [9.17, 15) is 14.7 Å². The SMILES string of the molecule is CC(NC(N)=O)C(=O)N1CCC(C)C1CO. The van der Waals surface area contributed by atoms with Crippen LogP contribution in [0.25, 0.3) is 0 Å². The van der Waals surface area contributed by atoms with Crippen molar-refractivity contribution < 1.29 is 14.7 Å². The van der Waals surface area contributed by atoms with Crippen LogP contribution in [0.3, 0.4) is 0 Å². The summed E-state index contributed by atoms with van der Waals surface area (Å²) in [6, 6.07) is -1.50. The summed E-state index contributed by atoms with van der Waals surface area (Å²) in [4.78, 5) is 24.2. The highest BCUT2D eigenvalue weighted by Gasteiger charge is 2.35. The minimum absolute atomic E-state index is 0.0454. The highest BCUT2D eigenvalue weighted by Crippen LogP contribution is 2.23. The lowest BCUT2D eigenvalue weighted by molar-refractivity contribution is -0.134. The number of amides is 3. The maximum atomic E-state index is 11.9. The van der Waals surface area contributed by atoms with E-state index >= 15 is 0 Å². The molecular weight excluding hydrogens is 210 g/mol. The number of hydrogen-bond acceptors (Lipinski definition) is 3. The van der Waals surface area contributed by atoms with Crippen LogP contribution in [0, 0.1) is 5.92 Å². The molecule has 4 N–H and O–H groups in total. The van der Waals surface area contributed by atoms with E-state index in [1.165, 1.54) is 0 Å². The van der Waals surface area contributed by atoms with Gasteiger partial charge in [0, 0.05) is 6.54 Å². The first-order chi connectivity index (χ1) is 7.47. The predicted molar refractivity (Wildman–Crippen MR) is 58.5 cm³/mol. The van der Waals surface area contributed by atoms with Crippen LogP contribution >= 0.6 is 0 Å². The van der Waals surface area contributed by atoms with Crippen molar-refractivity contribution in [3.63, 3.8) is 0 Å². The number of nitrogens with two attached hydrogens (primary N) is 1. The monoisotopic (exact) mass is 229 g/mol. The van der Waals surface area contributed by atoms with Crippen LogP contribution in [0.1, 0.15) is 20.3 Å². The van der Waals surface area contributed by atoms with E-state index < -0.39 is 12.1 Å². The smallest absolute Gasteiger partial charge is 0.312 e. The van der Waals surface area contributed by atoms with Gasteiger partial charge in [-0.05, 0) is 19.3 Å². The third kappa shape index (κ3) is 2.63. The number of rotatable bonds is 3. The molecule has 1 saturated heterocycles. The molecule has 92 valence electrons. The second kappa shape index (κ2) is 5.16. The number of primary amides is 1. The van der Waals surface area contributed by atoms with Crippen molar-refractivity contribution in [3.05, 3.63) is 0 Å². The summed E-state index contributed by atoms with van der Waals surface area (Å²) in [5.74, 6) is 0.0944. The first-order valence-electron chi connectivity index (χ1n) is 5.44. The van der Waals surface area contributed by atoms with Crippen molar-refractivity contribution in [1.29, 1.82) is 0 Å². The zero-order valence-corrected chi connectivity index (χ0v) is 9.64. The number of carbonyl (C=O) groups excluding carboxylic acids is 2. The number of carbonyl (C=O) groups is 2. The van der Waals surface area contributed by atoms with Crippen LogP contribution in [-0.4, -0.2) is 47.2 Å². The molecule has 3 unspecified atom stereocenters. The summed E-state index contributed by atoms with van der Waals surface area (Å²) >= 11 is 0. The number of nitrogens with zero attached hydrogens (tertiary/aromatic N) is 1. The van der Waals surface area contributed by atoms with Crippen LogP contribution in [0.4, 0.5) is 4.79 Å². The van der Waals surface area contributed by atoms with Gasteiger partial charge in [0.1, 0.15) is 6.04 Å². The van der Waals surface area contributed by atoms with Gasteiger partial charge in [-0.3, -0.25) is 4.79 Å². The lowest BCUT2D eigenvalue weighted by Crippen LogP contribution is -2.51. The molecule has 0 aromatic carbocycles. The number of nitrogens with one attached hydrogen (secondary N) is 1. The topological polar surface area (TPSA) is 95.7 Å². The summed E-state index contributed by atoms with van der Waals surface area (Å²) in [6.45, 7) is 4.16. The van der Waals surface area contributed by atoms with E-state index in [1.807, 2.05) is 6.92 Å². The first kappa shape index (κ1) is 12.8. The maximum Gasteiger partial charge on any atom is 0.312 e. The lowest BCUT2D eigenvalue weighted by atomic mass is 10.0. The van der Waals surface area contributed by atoms with Gasteiger partial charge in [-0.25, -0.2) is 4.79 Å². The van der Waals surface area contributed by atoms with E-state index in [1.54, 1.807) is 11.8 Å². The van der Waals surface area contributed by atoms with Gasteiger partial charge in [0.05, 0.1) is 12.6 Å². The van der Waals surface area contributed by atoms with Gasteiger partial charge in [0.2, 0.25) is 5.91 Å². The van der Waals surface area contributed by atoms with Crippen molar-refractivity contribution in [3.8, 4) is 0 Å². The Morgan fingerprint density at radius 3 is 2.75 bits per heavy atom. The quantitative estimate of drug-likeness (QED) is 0.595. The second-order valence-electron chi connectivity index (χ2n) is 4.28. The minimum Gasteiger partial charge on any atom is -0.394 e. The Morgan fingerprint density at radius 2 is 2.25 bits per heavy atom. The van der Waals surface area contributed by atoms with Crippen molar-refractivity contribution in [2.45, 2.75) is 32.4 Å². The highest BCUT2D eigenvalue weighted by atomic mass is 16.3. The Hall–Kier alpha value is -1.30.